The van der Waals surface area contributed by atoms with E-state index in [1.807, 2.05) is 12.1 Å². The fourth-order valence-corrected chi connectivity index (χ4v) is 3.45. The summed E-state index contributed by atoms with van der Waals surface area (Å²) in [6.07, 6.45) is 1.74. The molecule has 0 unspecified atom stereocenters. The molecule has 1 saturated heterocycles. The van der Waals surface area contributed by atoms with Crippen molar-refractivity contribution in [3.63, 3.8) is 0 Å². The number of hydrogen-bond donors (Lipinski definition) is 1. The molecule has 0 radical (unpaired) electrons. The quantitative estimate of drug-likeness (QED) is 0.746. The minimum absolute atomic E-state index is 0.324. The number of nitrogens with zero attached hydrogens (tertiary/aromatic N) is 4. The van der Waals surface area contributed by atoms with E-state index in [2.05, 4.69) is 50.4 Å². The van der Waals surface area contributed by atoms with E-state index in [4.69, 9.17) is 5.26 Å². The van der Waals surface area contributed by atoms with Crippen LogP contribution in [0.1, 0.15) is 16.1 Å². The second-order valence-electron chi connectivity index (χ2n) is 6.82. The average Bonchev–Trinajstić information content (AvgIpc) is 2.80. The van der Waals surface area contributed by atoms with Gasteiger partial charge in [-0.2, -0.15) is 5.26 Å². The second-order valence-corrected chi connectivity index (χ2v) is 6.82. The molecule has 1 N–H and O–H groups in total. The lowest BCUT2D eigenvalue weighted by atomic mass is 10.2. The highest BCUT2D eigenvalue weighted by Gasteiger charge is 2.18. The Kier molecular flexibility index (Phi) is 5.39. The van der Waals surface area contributed by atoms with E-state index >= 15 is 0 Å². The number of carbonyl (C=O) groups is 1. The van der Waals surface area contributed by atoms with Crippen LogP contribution < -0.4 is 15.1 Å². The monoisotopic (exact) mass is 383 g/mol. The number of hydrogen-bond acceptors (Lipinski definition) is 5. The molecule has 2 heterocycles. The summed E-state index contributed by atoms with van der Waals surface area (Å²) in [5.41, 5.74) is 3.49. The SMILES string of the molecule is N#Cc1ccccc1NC(=O)c1ccc(N2CCN(c3ccccc3)CC2)cn1. The number of anilines is 3. The molecule has 2 aromatic carbocycles. The number of nitrogens with one attached hydrogen (secondary N) is 1. The van der Waals surface area contributed by atoms with Crippen molar-refractivity contribution in [1.82, 2.24) is 4.98 Å². The summed E-state index contributed by atoms with van der Waals surface area (Å²) in [6, 6.07) is 23.1. The maximum atomic E-state index is 12.5. The van der Waals surface area contributed by atoms with Crippen molar-refractivity contribution in [1.29, 1.82) is 5.26 Å². The fourth-order valence-electron chi connectivity index (χ4n) is 3.45. The molecule has 6 nitrogen and oxygen atoms in total. The van der Waals surface area contributed by atoms with Gasteiger partial charge in [0.25, 0.3) is 5.91 Å². The van der Waals surface area contributed by atoms with Gasteiger partial charge in [-0.25, -0.2) is 4.98 Å². The van der Waals surface area contributed by atoms with Gasteiger partial charge >= 0.3 is 0 Å². The Morgan fingerprint density at radius 2 is 1.52 bits per heavy atom. The first-order valence-electron chi connectivity index (χ1n) is 9.56. The van der Waals surface area contributed by atoms with Crippen LogP contribution in [0.15, 0.2) is 72.9 Å². The Bertz CT molecular complexity index is 1020. The van der Waals surface area contributed by atoms with Gasteiger partial charge in [0.05, 0.1) is 23.1 Å². The number of carbonyl (C=O) groups excluding carboxylic acids is 1. The van der Waals surface area contributed by atoms with Gasteiger partial charge in [-0.15, -0.1) is 0 Å². The van der Waals surface area contributed by atoms with E-state index in [0.29, 0.717) is 16.9 Å². The predicted octanol–water partition coefficient (Wildman–Crippen LogP) is 3.53. The highest BCUT2D eigenvalue weighted by Crippen LogP contribution is 2.20. The number of para-hydroxylation sites is 2. The zero-order valence-corrected chi connectivity index (χ0v) is 16.0. The molecular formula is C23H21N5O. The zero-order valence-electron chi connectivity index (χ0n) is 16.0. The van der Waals surface area contributed by atoms with Crippen LogP contribution in [0.3, 0.4) is 0 Å². The second kappa shape index (κ2) is 8.44. The number of amides is 1. The molecule has 3 aromatic rings. The van der Waals surface area contributed by atoms with Crippen LogP contribution in [-0.4, -0.2) is 37.1 Å². The summed E-state index contributed by atoms with van der Waals surface area (Å²) < 4.78 is 0. The van der Waals surface area contributed by atoms with Crippen LogP contribution in [0, 0.1) is 11.3 Å². The van der Waals surface area contributed by atoms with Crippen molar-refractivity contribution in [3.8, 4) is 6.07 Å². The van der Waals surface area contributed by atoms with E-state index in [9.17, 15) is 4.79 Å². The van der Waals surface area contributed by atoms with Crippen molar-refractivity contribution < 1.29 is 4.79 Å². The summed E-state index contributed by atoms with van der Waals surface area (Å²) in [4.78, 5) is 21.4. The Labute approximate surface area is 170 Å². The molecule has 0 aliphatic carbocycles. The van der Waals surface area contributed by atoms with Gasteiger partial charge in [0.1, 0.15) is 11.8 Å². The molecule has 6 heteroatoms. The molecule has 1 aliphatic rings. The lowest BCUT2D eigenvalue weighted by Crippen LogP contribution is -2.46. The molecule has 1 fully saturated rings. The minimum Gasteiger partial charge on any atom is -0.368 e. The summed E-state index contributed by atoms with van der Waals surface area (Å²) in [5, 5.41) is 11.9. The van der Waals surface area contributed by atoms with E-state index in [1.54, 1.807) is 36.5 Å². The molecule has 144 valence electrons. The summed E-state index contributed by atoms with van der Waals surface area (Å²) in [5.74, 6) is -0.326. The van der Waals surface area contributed by atoms with Crippen molar-refractivity contribution in [2.45, 2.75) is 0 Å². The molecule has 1 aliphatic heterocycles. The third-order valence-corrected chi connectivity index (χ3v) is 5.04. The molecular weight excluding hydrogens is 362 g/mol. The summed E-state index contributed by atoms with van der Waals surface area (Å²) in [7, 11) is 0. The van der Waals surface area contributed by atoms with Gasteiger partial charge in [-0.05, 0) is 36.4 Å². The highest BCUT2D eigenvalue weighted by molar-refractivity contribution is 6.03. The van der Waals surface area contributed by atoms with E-state index in [1.165, 1.54) is 5.69 Å². The topological polar surface area (TPSA) is 72.3 Å². The van der Waals surface area contributed by atoms with Crippen LogP contribution >= 0.6 is 0 Å². The predicted molar refractivity (Wildman–Crippen MR) is 114 cm³/mol. The lowest BCUT2D eigenvalue weighted by Gasteiger charge is -2.37. The first-order chi connectivity index (χ1) is 14.2. The average molecular weight is 383 g/mol. The zero-order chi connectivity index (χ0) is 20.1. The summed E-state index contributed by atoms with van der Waals surface area (Å²) >= 11 is 0. The Morgan fingerprint density at radius 3 is 2.17 bits per heavy atom. The maximum Gasteiger partial charge on any atom is 0.274 e. The third-order valence-electron chi connectivity index (χ3n) is 5.04. The van der Waals surface area contributed by atoms with Crippen LogP contribution in [0.5, 0.6) is 0 Å². The van der Waals surface area contributed by atoms with Gasteiger partial charge < -0.3 is 15.1 Å². The Balaban J connectivity index is 1.38. The third kappa shape index (κ3) is 4.19. The number of rotatable bonds is 4. The molecule has 1 amide bonds. The highest BCUT2D eigenvalue weighted by atomic mass is 16.1. The van der Waals surface area contributed by atoms with Gasteiger partial charge in [-0.1, -0.05) is 30.3 Å². The van der Waals surface area contributed by atoms with Crippen LogP contribution in [0.25, 0.3) is 0 Å². The van der Waals surface area contributed by atoms with Gasteiger partial charge in [0, 0.05) is 31.9 Å². The van der Waals surface area contributed by atoms with Crippen LogP contribution in [0.2, 0.25) is 0 Å². The summed E-state index contributed by atoms with van der Waals surface area (Å²) in [6.45, 7) is 3.68. The fraction of sp³-hybridized carbons (Fsp3) is 0.174. The number of piperazine rings is 1. The van der Waals surface area contributed by atoms with Crippen LogP contribution in [0.4, 0.5) is 17.1 Å². The molecule has 0 bridgehead atoms. The lowest BCUT2D eigenvalue weighted by molar-refractivity contribution is 0.102. The van der Waals surface area contributed by atoms with Crippen molar-refractivity contribution in [2.75, 3.05) is 41.3 Å². The Morgan fingerprint density at radius 1 is 0.862 bits per heavy atom. The number of aromatic nitrogens is 1. The van der Waals surface area contributed by atoms with Crippen LogP contribution in [-0.2, 0) is 0 Å². The van der Waals surface area contributed by atoms with E-state index in [0.717, 1.165) is 31.9 Å². The van der Waals surface area contributed by atoms with Crippen molar-refractivity contribution >= 4 is 23.0 Å². The van der Waals surface area contributed by atoms with Gasteiger partial charge in [0.15, 0.2) is 0 Å². The molecule has 29 heavy (non-hydrogen) atoms. The van der Waals surface area contributed by atoms with Gasteiger partial charge in [0.2, 0.25) is 0 Å². The number of nitriles is 1. The molecule has 0 atom stereocenters. The Hall–Kier alpha value is -3.85. The van der Waals surface area contributed by atoms with E-state index in [-0.39, 0.29) is 5.91 Å². The smallest absolute Gasteiger partial charge is 0.274 e. The van der Waals surface area contributed by atoms with E-state index < -0.39 is 0 Å². The van der Waals surface area contributed by atoms with Crippen molar-refractivity contribution in [3.05, 3.63) is 84.2 Å². The molecule has 1 aromatic heterocycles. The maximum absolute atomic E-state index is 12.5. The molecule has 4 rings (SSSR count). The number of benzene rings is 2. The first kappa shape index (κ1) is 18.5. The molecule has 0 saturated carbocycles. The standard InChI is InChI=1S/C23H21N5O/c24-16-18-6-4-5-9-21(18)26-23(29)22-11-10-20(17-25-22)28-14-12-27(13-15-28)19-7-2-1-3-8-19/h1-11,17H,12-15H2,(H,26,29). The van der Waals surface area contributed by atoms with Crippen molar-refractivity contribution in [2.24, 2.45) is 0 Å². The number of pyridine rings is 1. The minimum atomic E-state index is -0.326. The largest absolute Gasteiger partial charge is 0.368 e. The van der Waals surface area contributed by atoms with Gasteiger partial charge in [-0.3, -0.25) is 4.79 Å². The first-order valence-corrected chi connectivity index (χ1v) is 9.56. The molecule has 0 spiro atoms. The normalized spacial score (nSPS) is 13.6.